The van der Waals surface area contributed by atoms with Gasteiger partial charge in [0, 0.05) is 6.42 Å². The monoisotopic (exact) mass is 248 g/mol. The molecule has 1 aromatic heterocycles. The van der Waals surface area contributed by atoms with Crippen LogP contribution < -0.4 is 4.74 Å². The van der Waals surface area contributed by atoms with Gasteiger partial charge in [-0.2, -0.15) is 0 Å². The summed E-state index contributed by atoms with van der Waals surface area (Å²) in [5, 5.41) is 20.3. The van der Waals surface area contributed by atoms with Crippen LogP contribution in [0.2, 0.25) is 0 Å². The quantitative estimate of drug-likeness (QED) is 0.837. The Bertz CT molecular complexity index is 535. The lowest BCUT2D eigenvalue weighted by Gasteiger charge is -2.00. The highest BCUT2D eigenvalue weighted by Gasteiger charge is 2.07. The molecule has 1 heterocycles. The molecular formula is C11H12N4O3. The summed E-state index contributed by atoms with van der Waals surface area (Å²) >= 11 is 0. The van der Waals surface area contributed by atoms with Crippen molar-refractivity contribution in [2.24, 2.45) is 0 Å². The smallest absolute Gasteiger partial charge is 0.303 e. The van der Waals surface area contributed by atoms with Crippen molar-refractivity contribution in [2.75, 3.05) is 7.11 Å². The van der Waals surface area contributed by atoms with E-state index in [1.165, 1.54) is 4.80 Å². The molecule has 0 spiro atoms. The van der Waals surface area contributed by atoms with Crippen LogP contribution >= 0.6 is 0 Å². The molecular weight excluding hydrogens is 236 g/mol. The highest BCUT2D eigenvalue weighted by atomic mass is 16.5. The Hall–Kier alpha value is -2.44. The average Bonchev–Trinajstić information content (AvgIpc) is 2.85. The molecule has 0 atom stereocenters. The van der Waals surface area contributed by atoms with Crippen LogP contribution in [0.4, 0.5) is 0 Å². The number of carboxylic acids is 1. The van der Waals surface area contributed by atoms with Crippen molar-refractivity contribution in [1.29, 1.82) is 0 Å². The lowest BCUT2D eigenvalue weighted by atomic mass is 10.3. The second-order valence-electron chi connectivity index (χ2n) is 3.59. The lowest BCUT2D eigenvalue weighted by molar-refractivity contribution is -0.137. The molecule has 0 unspecified atom stereocenters. The molecule has 0 aliphatic heterocycles. The van der Waals surface area contributed by atoms with Gasteiger partial charge in [-0.05, 0) is 29.5 Å². The molecule has 0 saturated heterocycles. The molecule has 94 valence electrons. The van der Waals surface area contributed by atoms with Crippen molar-refractivity contribution < 1.29 is 14.6 Å². The summed E-state index contributed by atoms with van der Waals surface area (Å²) in [4.78, 5) is 11.8. The van der Waals surface area contributed by atoms with E-state index in [9.17, 15) is 4.79 Å². The number of benzene rings is 1. The van der Waals surface area contributed by atoms with Crippen LogP contribution in [0.3, 0.4) is 0 Å². The molecule has 1 N–H and O–H groups in total. The van der Waals surface area contributed by atoms with Gasteiger partial charge < -0.3 is 9.84 Å². The molecule has 1 aromatic carbocycles. The average molecular weight is 248 g/mol. The SMILES string of the molecule is COc1ccc(-n2nnc(CCC(=O)O)n2)cc1. The number of aromatic nitrogens is 4. The van der Waals surface area contributed by atoms with E-state index in [4.69, 9.17) is 9.84 Å². The molecule has 0 saturated carbocycles. The third kappa shape index (κ3) is 2.82. The summed E-state index contributed by atoms with van der Waals surface area (Å²) in [5.74, 6) is 0.272. The van der Waals surface area contributed by atoms with Crippen LogP contribution in [-0.4, -0.2) is 38.4 Å². The Morgan fingerprint density at radius 2 is 2.11 bits per heavy atom. The molecule has 2 aromatic rings. The molecule has 7 heteroatoms. The Morgan fingerprint density at radius 1 is 1.39 bits per heavy atom. The van der Waals surface area contributed by atoms with Crippen molar-refractivity contribution in [3.8, 4) is 11.4 Å². The van der Waals surface area contributed by atoms with Crippen LogP contribution in [0.25, 0.3) is 5.69 Å². The maximum Gasteiger partial charge on any atom is 0.303 e. The van der Waals surface area contributed by atoms with Gasteiger partial charge in [0.2, 0.25) is 0 Å². The number of rotatable bonds is 5. The van der Waals surface area contributed by atoms with E-state index in [-0.39, 0.29) is 12.8 Å². The standard InChI is InChI=1S/C11H12N4O3/c1-18-9-4-2-8(3-5-9)15-13-10(12-14-15)6-7-11(16)17/h2-5H,6-7H2,1H3,(H,16,17). The van der Waals surface area contributed by atoms with E-state index in [1.807, 2.05) is 0 Å². The number of hydrogen-bond acceptors (Lipinski definition) is 5. The molecule has 18 heavy (non-hydrogen) atoms. The number of hydrogen-bond donors (Lipinski definition) is 1. The van der Waals surface area contributed by atoms with E-state index >= 15 is 0 Å². The highest BCUT2D eigenvalue weighted by Crippen LogP contribution is 2.13. The van der Waals surface area contributed by atoms with Gasteiger partial charge in [-0.3, -0.25) is 4.79 Å². The fraction of sp³-hybridized carbons (Fsp3) is 0.273. The summed E-state index contributed by atoms with van der Waals surface area (Å²) < 4.78 is 5.04. The maximum absolute atomic E-state index is 10.4. The van der Waals surface area contributed by atoms with E-state index < -0.39 is 5.97 Å². The number of nitrogens with zero attached hydrogens (tertiary/aromatic N) is 4. The zero-order chi connectivity index (χ0) is 13.0. The summed E-state index contributed by atoms with van der Waals surface area (Å²) in [7, 11) is 1.59. The Kier molecular flexibility index (Phi) is 3.52. The zero-order valence-electron chi connectivity index (χ0n) is 9.78. The van der Waals surface area contributed by atoms with Crippen LogP contribution in [0, 0.1) is 0 Å². The minimum Gasteiger partial charge on any atom is -0.497 e. The molecule has 0 aliphatic rings. The van der Waals surface area contributed by atoms with E-state index in [0.29, 0.717) is 5.82 Å². The largest absolute Gasteiger partial charge is 0.497 e. The van der Waals surface area contributed by atoms with Crippen molar-refractivity contribution in [3.05, 3.63) is 30.1 Å². The van der Waals surface area contributed by atoms with Gasteiger partial charge in [0.15, 0.2) is 5.82 Å². The Morgan fingerprint density at radius 3 is 2.72 bits per heavy atom. The van der Waals surface area contributed by atoms with Gasteiger partial charge in [0.1, 0.15) is 5.75 Å². The second-order valence-corrected chi connectivity index (χ2v) is 3.59. The summed E-state index contributed by atoms with van der Waals surface area (Å²) in [6.07, 6.45) is 0.264. The van der Waals surface area contributed by atoms with Gasteiger partial charge in [-0.25, -0.2) is 0 Å². The van der Waals surface area contributed by atoms with Gasteiger partial charge >= 0.3 is 5.97 Å². The molecule has 0 aliphatic carbocycles. The summed E-state index contributed by atoms with van der Waals surface area (Å²) in [6, 6.07) is 7.16. The van der Waals surface area contributed by atoms with Gasteiger partial charge in [-0.15, -0.1) is 15.0 Å². The first-order chi connectivity index (χ1) is 8.69. The fourth-order valence-electron chi connectivity index (χ4n) is 1.39. The maximum atomic E-state index is 10.4. The van der Waals surface area contributed by atoms with Crippen molar-refractivity contribution >= 4 is 5.97 Å². The molecule has 0 fully saturated rings. The number of tetrazole rings is 1. The molecule has 0 amide bonds. The minimum atomic E-state index is -0.879. The number of carboxylic acid groups (broad SMARTS) is 1. The molecule has 0 bridgehead atoms. The predicted octanol–water partition coefficient (Wildman–Crippen LogP) is 0.688. The Labute approximate surface area is 103 Å². The van der Waals surface area contributed by atoms with Gasteiger partial charge in [0.05, 0.1) is 19.2 Å². The van der Waals surface area contributed by atoms with E-state index in [2.05, 4.69) is 15.4 Å². The molecule has 7 nitrogen and oxygen atoms in total. The number of aliphatic carboxylic acids is 1. The van der Waals surface area contributed by atoms with E-state index in [1.54, 1.807) is 31.4 Å². The first-order valence-electron chi connectivity index (χ1n) is 5.34. The first kappa shape index (κ1) is 12.0. The minimum absolute atomic E-state index is 0.00565. The van der Waals surface area contributed by atoms with Crippen LogP contribution in [0.15, 0.2) is 24.3 Å². The van der Waals surface area contributed by atoms with Crippen LogP contribution in [-0.2, 0) is 11.2 Å². The van der Waals surface area contributed by atoms with E-state index in [0.717, 1.165) is 11.4 Å². The van der Waals surface area contributed by atoms with Gasteiger partial charge in [-0.1, -0.05) is 0 Å². The highest BCUT2D eigenvalue weighted by molar-refractivity contribution is 5.66. The summed E-state index contributed by atoms with van der Waals surface area (Å²) in [5.41, 5.74) is 0.741. The number of aryl methyl sites for hydroxylation is 1. The molecule has 2 rings (SSSR count). The topological polar surface area (TPSA) is 90.1 Å². The van der Waals surface area contributed by atoms with Crippen molar-refractivity contribution in [2.45, 2.75) is 12.8 Å². The number of carbonyl (C=O) groups is 1. The van der Waals surface area contributed by atoms with Crippen molar-refractivity contribution in [3.63, 3.8) is 0 Å². The third-order valence-electron chi connectivity index (χ3n) is 2.32. The Balaban J connectivity index is 2.10. The number of methoxy groups -OCH3 is 1. The third-order valence-corrected chi connectivity index (χ3v) is 2.32. The van der Waals surface area contributed by atoms with Crippen molar-refractivity contribution in [1.82, 2.24) is 20.2 Å². The molecule has 0 radical (unpaired) electrons. The first-order valence-corrected chi connectivity index (χ1v) is 5.34. The normalized spacial score (nSPS) is 10.3. The predicted molar refractivity (Wildman–Crippen MR) is 61.7 cm³/mol. The van der Waals surface area contributed by atoms with Crippen LogP contribution in [0.5, 0.6) is 5.75 Å². The second kappa shape index (κ2) is 5.26. The van der Waals surface area contributed by atoms with Gasteiger partial charge in [0.25, 0.3) is 0 Å². The lowest BCUT2D eigenvalue weighted by Crippen LogP contribution is -2.01. The number of ether oxygens (including phenoxy) is 1. The summed E-state index contributed by atoms with van der Waals surface area (Å²) in [6.45, 7) is 0. The zero-order valence-corrected chi connectivity index (χ0v) is 9.78. The fourth-order valence-corrected chi connectivity index (χ4v) is 1.39. The van der Waals surface area contributed by atoms with Crippen LogP contribution in [0.1, 0.15) is 12.2 Å².